The van der Waals surface area contributed by atoms with E-state index in [1.165, 1.54) is 11.8 Å². The molecule has 1 heterocycles. The third kappa shape index (κ3) is 1.95. The van der Waals surface area contributed by atoms with E-state index in [1.807, 2.05) is 18.2 Å². The van der Waals surface area contributed by atoms with Crippen LogP contribution in [0, 0.1) is 0 Å². The molecule has 2 unspecified atom stereocenters. The van der Waals surface area contributed by atoms with E-state index in [0.717, 1.165) is 12.0 Å². The molecule has 0 saturated heterocycles. The van der Waals surface area contributed by atoms with Crippen molar-refractivity contribution in [3.05, 3.63) is 53.4 Å². The smallest absolute Gasteiger partial charge is 0.273 e. The van der Waals surface area contributed by atoms with Crippen molar-refractivity contribution in [2.75, 3.05) is 0 Å². The van der Waals surface area contributed by atoms with Crippen molar-refractivity contribution in [2.45, 2.75) is 17.3 Å². The fourth-order valence-electron chi connectivity index (χ4n) is 2.26. The first-order valence-corrected chi connectivity index (χ1v) is 6.60. The molecular weight excluding hydrogens is 296 g/mol. The van der Waals surface area contributed by atoms with Crippen LogP contribution in [0.3, 0.4) is 0 Å². The molecule has 1 aliphatic carbocycles. The van der Waals surface area contributed by atoms with Gasteiger partial charge in [0.05, 0.1) is 6.04 Å². The molecule has 0 radical (unpaired) electrons. The van der Waals surface area contributed by atoms with Gasteiger partial charge >= 0.3 is 0 Å². The molecule has 0 bridgehead atoms. The zero-order valence-electron chi connectivity index (χ0n) is 9.47. The summed E-state index contributed by atoms with van der Waals surface area (Å²) in [6, 6.07) is 9.67. The molecule has 1 N–H and O–H groups in total. The maximum absolute atomic E-state index is 12.0. The monoisotopic (exact) mass is 306 g/mol. The second-order valence-electron chi connectivity index (χ2n) is 4.25. The third-order valence-corrected chi connectivity index (χ3v) is 3.98. The first-order chi connectivity index (χ1) is 8.75. The largest absolute Gasteiger partial charge is 0.364 e. The van der Waals surface area contributed by atoms with Crippen LogP contribution < -0.4 is 5.32 Å². The fraction of sp³-hybridized carbons (Fsp3) is 0.231. The van der Waals surface area contributed by atoms with Gasteiger partial charge < -0.3 is 9.84 Å². The number of fused-ring (bicyclic) bond motifs is 1. The number of nitrogens with one attached hydrogen (secondary N) is 1. The van der Waals surface area contributed by atoms with E-state index in [1.54, 1.807) is 6.07 Å². The molecule has 0 spiro atoms. The Hall–Kier alpha value is -1.62. The Kier molecular flexibility index (Phi) is 2.91. The van der Waals surface area contributed by atoms with E-state index in [4.69, 9.17) is 0 Å². The Labute approximate surface area is 112 Å². The molecule has 2 atom stereocenters. The van der Waals surface area contributed by atoms with Gasteiger partial charge in [-0.25, -0.2) is 0 Å². The highest BCUT2D eigenvalue weighted by Gasteiger charge is 2.32. The molecule has 1 aromatic heterocycles. The number of rotatable bonds is 2. The summed E-state index contributed by atoms with van der Waals surface area (Å²) in [4.78, 5) is 12.2. The quantitative estimate of drug-likeness (QED) is 0.867. The average Bonchev–Trinajstić information content (AvgIpc) is 2.98. The van der Waals surface area contributed by atoms with E-state index in [-0.39, 0.29) is 16.8 Å². The lowest BCUT2D eigenvalue weighted by atomic mass is 10.1. The highest BCUT2D eigenvalue weighted by atomic mass is 79.9. The summed E-state index contributed by atoms with van der Waals surface area (Å²) in [6.07, 6.45) is 2.31. The number of hydrogen-bond donors (Lipinski definition) is 1. The summed E-state index contributed by atoms with van der Waals surface area (Å²) in [6.45, 7) is 0. The van der Waals surface area contributed by atoms with E-state index in [0.29, 0.717) is 5.69 Å². The van der Waals surface area contributed by atoms with Gasteiger partial charge in [-0.3, -0.25) is 4.79 Å². The molecule has 18 heavy (non-hydrogen) atoms. The van der Waals surface area contributed by atoms with E-state index < -0.39 is 0 Å². The summed E-state index contributed by atoms with van der Waals surface area (Å²) < 4.78 is 4.67. The van der Waals surface area contributed by atoms with Crippen LogP contribution in [0.4, 0.5) is 0 Å². The van der Waals surface area contributed by atoms with E-state index in [2.05, 4.69) is 37.0 Å². The minimum Gasteiger partial charge on any atom is -0.364 e. The molecule has 1 aromatic carbocycles. The molecule has 1 aliphatic rings. The number of hydrogen-bond acceptors (Lipinski definition) is 3. The number of benzene rings is 1. The van der Waals surface area contributed by atoms with Crippen LogP contribution in [0.2, 0.25) is 0 Å². The van der Waals surface area contributed by atoms with Gasteiger partial charge in [-0.05, 0) is 17.5 Å². The van der Waals surface area contributed by atoms with E-state index >= 15 is 0 Å². The minimum atomic E-state index is -0.213. The third-order valence-electron chi connectivity index (χ3n) is 3.12. The molecule has 0 fully saturated rings. The average molecular weight is 307 g/mol. The molecule has 4 nitrogen and oxygen atoms in total. The van der Waals surface area contributed by atoms with Gasteiger partial charge in [-0.15, -0.1) is 0 Å². The normalized spacial score (nSPS) is 21.6. The topological polar surface area (TPSA) is 55.1 Å². The number of aromatic nitrogens is 1. The van der Waals surface area contributed by atoms with Crippen molar-refractivity contribution in [2.24, 2.45) is 0 Å². The van der Waals surface area contributed by atoms with Crippen LogP contribution in [-0.4, -0.2) is 15.9 Å². The summed E-state index contributed by atoms with van der Waals surface area (Å²) in [7, 11) is 0. The highest BCUT2D eigenvalue weighted by molar-refractivity contribution is 9.09. The Morgan fingerprint density at radius 2 is 2.22 bits per heavy atom. The van der Waals surface area contributed by atoms with Crippen molar-refractivity contribution < 1.29 is 9.32 Å². The van der Waals surface area contributed by atoms with Crippen molar-refractivity contribution in [1.82, 2.24) is 10.5 Å². The molecule has 3 rings (SSSR count). The van der Waals surface area contributed by atoms with Gasteiger partial charge in [0.1, 0.15) is 6.26 Å². The SMILES string of the molecule is O=C(NC1c2ccccc2CC1Br)c1ccon1. The number of amides is 1. The molecule has 0 aliphatic heterocycles. The Bertz CT molecular complexity index is 568. The van der Waals surface area contributed by atoms with E-state index in [9.17, 15) is 4.79 Å². The number of carbonyl (C=O) groups excluding carboxylic acids is 1. The predicted octanol–water partition coefficient (Wildman–Crippen LogP) is 2.47. The number of carbonyl (C=O) groups is 1. The van der Waals surface area contributed by atoms with Crippen LogP contribution in [-0.2, 0) is 6.42 Å². The lowest BCUT2D eigenvalue weighted by Crippen LogP contribution is -2.31. The fourth-order valence-corrected chi connectivity index (χ4v) is 3.03. The molecule has 2 aromatic rings. The summed E-state index contributed by atoms with van der Waals surface area (Å²) in [5.41, 5.74) is 2.74. The lowest BCUT2D eigenvalue weighted by Gasteiger charge is -2.16. The van der Waals surface area contributed by atoms with Gasteiger partial charge in [0.2, 0.25) is 0 Å². The summed E-state index contributed by atoms with van der Waals surface area (Å²) in [5.74, 6) is -0.213. The predicted molar refractivity (Wildman–Crippen MR) is 69.6 cm³/mol. The van der Waals surface area contributed by atoms with Crippen LogP contribution >= 0.6 is 15.9 Å². The first kappa shape index (κ1) is 11.5. The van der Waals surface area contributed by atoms with Crippen molar-refractivity contribution in [1.29, 1.82) is 0 Å². The zero-order chi connectivity index (χ0) is 12.5. The molecule has 1 amide bonds. The van der Waals surface area contributed by atoms with Gasteiger partial charge in [0.15, 0.2) is 5.69 Å². The van der Waals surface area contributed by atoms with Crippen LogP contribution in [0.1, 0.15) is 27.7 Å². The molecule has 5 heteroatoms. The Morgan fingerprint density at radius 1 is 1.39 bits per heavy atom. The number of nitrogens with zero attached hydrogens (tertiary/aromatic N) is 1. The number of halogens is 1. The van der Waals surface area contributed by atoms with Crippen LogP contribution in [0.5, 0.6) is 0 Å². The van der Waals surface area contributed by atoms with Crippen LogP contribution in [0.15, 0.2) is 41.1 Å². The van der Waals surface area contributed by atoms with Crippen molar-refractivity contribution in [3.63, 3.8) is 0 Å². The second-order valence-corrected chi connectivity index (χ2v) is 5.43. The van der Waals surface area contributed by atoms with Gasteiger partial charge in [0, 0.05) is 10.9 Å². The van der Waals surface area contributed by atoms with Crippen molar-refractivity contribution in [3.8, 4) is 0 Å². The Balaban J connectivity index is 1.83. The summed E-state index contributed by atoms with van der Waals surface area (Å²) >= 11 is 3.62. The Morgan fingerprint density at radius 3 is 3.00 bits per heavy atom. The standard InChI is InChI=1S/C13H11BrN2O2/c14-10-7-8-3-1-2-4-9(8)12(10)15-13(17)11-5-6-18-16-11/h1-6,10,12H,7H2,(H,15,17). The maximum atomic E-state index is 12.0. The molecule has 92 valence electrons. The summed E-state index contributed by atoms with van der Waals surface area (Å²) in [5, 5.41) is 6.62. The van der Waals surface area contributed by atoms with Gasteiger partial charge in [0.25, 0.3) is 5.91 Å². The number of alkyl halides is 1. The van der Waals surface area contributed by atoms with Gasteiger partial charge in [-0.1, -0.05) is 45.4 Å². The minimum absolute atomic E-state index is 0.0228. The van der Waals surface area contributed by atoms with Crippen LogP contribution in [0.25, 0.3) is 0 Å². The lowest BCUT2D eigenvalue weighted by molar-refractivity contribution is 0.0929. The highest BCUT2D eigenvalue weighted by Crippen LogP contribution is 2.35. The van der Waals surface area contributed by atoms with Gasteiger partial charge in [-0.2, -0.15) is 0 Å². The first-order valence-electron chi connectivity index (χ1n) is 5.69. The molecule has 0 saturated carbocycles. The maximum Gasteiger partial charge on any atom is 0.273 e. The second kappa shape index (κ2) is 4.57. The van der Waals surface area contributed by atoms with Crippen molar-refractivity contribution >= 4 is 21.8 Å². The zero-order valence-corrected chi connectivity index (χ0v) is 11.1. The molecular formula is C13H11BrN2O2.